The van der Waals surface area contributed by atoms with E-state index in [2.05, 4.69) is 18.3 Å². The molecule has 0 fully saturated rings. The number of phosphoric acid groups is 1. The standard InChI is InChI=1S/C8H16NO7P/c1-3-14-17(12,15-4-2)16-8(11)7(10)13-6-5-9/h3-6,9H2,1-2H3. The molecule has 0 aromatic heterocycles. The van der Waals surface area contributed by atoms with Crippen molar-refractivity contribution >= 4 is 19.8 Å². The molecule has 17 heavy (non-hydrogen) atoms. The third kappa shape index (κ3) is 6.38. The molecular weight excluding hydrogens is 253 g/mol. The number of esters is 1. The lowest BCUT2D eigenvalue weighted by Crippen LogP contribution is -2.23. The number of ether oxygens (including phenoxy) is 1. The maximum absolute atomic E-state index is 11.7. The van der Waals surface area contributed by atoms with E-state index in [9.17, 15) is 14.2 Å². The Hall–Kier alpha value is -0.950. The molecule has 0 radical (unpaired) electrons. The van der Waals surface area contributed by atoms with Crippen LogP contribution < -0.4 is 5.73 Å². The van der Waals surface area contributed by atoms with Gasteiger partial charge in [0.05, 0.1) is 13.2 Å². The Morgan fingerprint density at radius 2 is 1.65 bits per heavy atom. The maximum atomic E-state index is 11.7. The van der Waals surface area contributed by atoms with Gasteiger partial charge in [0.15, 0.2) is 0 Å². The van der Waals surface area contributed by atoms with Crippen LogP contribution in [0.25, 0.3) is 0 Å². The molecule has 0 atom stereocenters. The quantitative estimate of drug-likeness (QED) is 0.396. The van der Waals surface area contributed by atoms with Crippen LogP contribution in [0.4, 0.5) is 0 Å². The van der Waals surface area contributed by atoms with E-state index in [1.165, 1.54) is 13.8 Å². The number of hydrogen-bond acceptors (Lipinski definition) is 8. The van der Waals surface area contributed by atoms with Gasteiger partial charge in [-0.05, 0) is 13.8 Å². The molecule has 0 amide bonds. The molecule has 0 rings (SSSR count). The molecule has 0 saturated carbocycles. The van der Waals surface area contributed by atoms with Gasteiger partial charge in [-0.1, -0.05) is 0 Å². The van der Waals surface area contributed by atoms with Crippen LogP contribution in [0.2, 0.25) is 0 Å². The SMILES string of the molecule is CCOP(=O)(OCC)OC(=O)C(=O)OCCN. The first-order chi connectivity index (χ1) is 7.99. The van der Waals surface area contributed by atoms with Crippen LogP contribution in [0.5, 0.6) is 0 Å². The summed E-state index contributed by atoms with van der Waals surface area (Å²) in [6.45, 7) is 3.00. The average molecular weight is 269 g/mol. The van der Waals surface area contributed by atoms with E-state index in [1.807, 2.05) is 0 Å². The van der Waals surface area contributed by atoms with Crippen molar-refractivity contribution in [3.8, 4) is 0 Å². The van der Waals surface area contributed by atoms with E-state index >= 15 is 0 Å². The van der Waals surface area contributed by atoms with Crippen molar-refractivity contribution in [1.29, 1.82) is 0 Å². The predicted octanol–water partition coefficient (Wildman–Crippen LogP) is 0.213. The van der Waals surface area contributed by atoms with E-state index in [0.717, 1.165) is 0 Å². The number of nitrogens with two attached hydrogens (primary N) is 1. The molecule has 0 aromatic carbocycles. The Morgan fingerprint density at radius 1 is 1.12 bits per heavy atom. The molecule has 8 nitrogen and oxygen atoms in total. The van der Waals surface area contributed by atoms with Gasteiger partial charge in [0.25, 0.3) is 0 Å². The number of rotatable bonds is 7. The maximum Gasteiger partial charge on any atom is 0.532 e. The normalized spacial score (nSPS) is 11.0. The van der Waals surface area contributed by atoms with Crippen molar-refractivity contribution in [2.24, 2.45) is 5.73 Å². The molecule has 0 bridgehead atoms. The summed E-state index contributed by atoms with van der Waals surface area (Å²) in [5, 5.41) is 0. The van der Waals surface area contributed by atoms with E-state index in [1.54, 1.807) is 0 Å². The van der Waals surface area contributed by atoms with Gasteiger partial charge >= 0.3 is 19.8 Å². The van der Waals surface area contributed by atoms with E-state index in [-0.39, 0.29) is 26.4 Å². The molecular formula is C8H16NO7P. The van der Waals surface area contributed by atoms with Crippen LogP contribution in [0.3, 0.4) is 0 Å². The first-order valence-corrected chi connectivity index (χ1v) is 6.45. The minimum Gasteiger partial charge on any atom is -0.456 e. The van der Waals surface area contributed by atoms with E-state index < -0.39 is 19.8 Å². The van der Waals surface area contributed by atoms with Crippen molar-refractivity contribution in [3.63, 3.8) is 0 Å². The summed E-state index contributed by atoms with van der Waals surface area (Å²) < 4.78 is 29.7. The highest BCUT2D eigenvalue weighted by Crippen LogP contribution is 2.49. The number of hydrogen-bond donors (Lipinski definition) is 1. The second kappa shape index (κ2) is 8.19. The fraction of sp³-hybridized carbons (Fsp3) is 0.750. The Labute approximate surface area is 99.0 Å². The lowest BCUT2D eigenvalue weighted by molar-refractivity contribution is -0.163. The minimum atomic E-state index is -4.04. The average Bonchev–Trinajstić information content (AvgIpc) is 2.26. The molecule has 0 aromatic rings. The molecule has 0 aliphatic carbocycles. The molecule has 0 heterocycles. The number of carbonyl (C=O) groups is 2. The summed E-state index contributed by atoms with van der Waals surface area (Å²) in [7, 11) is -4.04. The van der Waals surface area contributed by atoms with E-state index in [4.69, 9.17) is 5.73 Å². The third-order valence-corrected chi connectivity index (χ3v) is 2.83. The molecule has 0 saturated heterocycles. The molecule has 2 N–H and O–H groups in total. The molecule has 0 unspecified atom stereocenters. The van der Waals surface area contributed by atoms with Crippen LogP contribution in [-0.4, -0.2) is 38.3 Å². The summed E-state index contributed by atoms with van der Waals surface area (Å²) >= 11 is 0. The summed E-state index contributed by atoms with van der Waals surface area (Å²) in [6, 6.07) is 0. The van der Waals surface area contributed by atoms with Crippen LogP contribution >= 0.6 is 7.82 Å². The predicted molar refractivity (Wildman–Crippen MR) is 57.0 cm³/mol. The topological polar surface area (TPSA) is 114 Å². The fourth-order valence-corrected chi connectivity index (χ4v) is 1.85. The van der Waals surface area contributed by atoms with Gasteiger partial charge in [-0.2, -0.15) is 0 Å². The van der Waals surface area contributed by atoms with Gasteiger partial charge < -0.3 is 15.0 Å². The lowest BCUT2D eigenvalue weighted by atomic mass is 10.7. The van der Waals surface area contributed by atoms with Crippen molar-refractivity contribution in [1.82, 2.24) is 0 Å². The van der Waals surface area contributed by atoms with E-state index in [0.29, 0.717) is 0 Å². The Morgan fingerprint density at radius 3 is 2.06 bits per heavy atom. The minimum absolute atomic E-state index is 0.00239. The summed E-state index contributed by atoms with van der Waals surface area (Å²) in [6.07, 6.45) is 0. The van der Waals surface area contributed by atoms with Crippen molar-refractivity contribution in [3.05, 3.63) is 0 Å². The highest BCUT2D eigenvalue weighted by atomic mass is 31.2. The molecule has 9 heteroatoms. The monoisotopic (exact) mass is 269 g/mol. The second-order valence-corrected chi connectivity index (χ2v) is 4.18. The third-order valence-electron chi connectivity index (χ3n) is 1.29. The van der Waals surface area contributed by atoms with Gasteiger partial charge in [0.2, 0.25) is 0 Å². The van der Waals surface area contributed by atoms with Crippen LogP contribution in [0.15, 0.2) is 0 Å². The molecule has 0 spiro atoms. The van der Waals surface area contributed by atoms with Crippen molar-refractivity contribution in [2.75, 3.05) is 26.4 Å². The zero-order chi connectivity index (χ0) is 13.3. The van der Waals surface area contributed by atoms with Gasteiger partial charge in [-0.3, -0.25) is 9.05 Å². The first kappa shape index (κ1) is 16.1. The summed E-state index contributed by atoms with van der Waals surface area (Å²) in [5.74, 6) is -2.74. The van der Waals surface area contributed by atoms with Crippen LogP contribution in [-0.2, 0) is 32.5 Å². The first-order valence-electron chi connectivity index (χ1n) is 4.99. The molecule has 0 aliphatic rings. The Kier molecular flexibility index (Phi) is 7.73. The highest BCUT2D eigenvalue weighted by Gasteiger charge is 2.33. The zero-order valence-corrected chi connectivity index (χ0v) is 10.6. The summed E-state index contributed by atoms with van der Waals surface area (Å²) in [4.78, 5) is 22.1. The largest absolute Gasteiger partial charge is 0.532 e. The molecule has 0 aliphatic heterocycles. The Balaban J connectivity index is 4.40. The van der Waals surface area contributed by atoms with Gasteiger partial charge in [0.1, 0.15) is 6.61 Å². The lowest BCUT2D eigenvalue weighted by Gasteiger charge is -2.14. The molecule has 100 valence electrons. The van der Waals surface area contributed by atoms with Crippen LogP contribution in [0, 0.1) is 0 Å². The van der Waals surface area contributed by atoms with Gasteiger partial charge in [-0.25, -0.2) is 14.2 Å². The van der Waals surface area contributed by atoms with Crippen LogP contribution in [0.1, 0.15) is 13.8 Å². The van der Waals surface area contributed by atoms with Crippen molar-refractivity contribution < 1.29 is 32.5 Å². The fourth-order valence-electron chi connectivity index (χ4n) is 0.756. The van der Waals surface area contributed by atoms with Gasteiger partial charge in [0, 0.05) is 6.54 Å². The zero-order valence-electron chi connectivity index (χ0n) is 9.71. The summed E-state index contributed by atoms with van der Waals surface area (Å²) in [5.41, 5.74) is 5.07. The number of carbonyl (C=O) groups excluding carboxylic acids is 2. The Bertz CT molecular complexity index is 296. The smallest absolute Gasteiger partial charge is 0.456 e. The number of phosphoric ester groups is 1. The van der Waals surface area contributed by atoms with Gasteiger partial charge in [-0.15, -0.1) is 0 Å². The second-order valence-electron chi connectivity index (χ2n) is 2.59. The van der Waals surface area contributed by atoms with Crippen molar-refractivity contribution in [2.45, 2.75) is 13.8 Å². The highest BCUT2D eigenvalue weighted by molar-refractivity contribution is 7.49.